The number of benzene rings is 3. The summed E-state index contributed by atoms with van der Waals surface area (Å²) in [6.45, 7) is 6.39. The van der Waals surface area contributed by atoms with Crippen molar-refractivity contribution >= 4 is 22.9 Å². The van der Waals surface area contributed by atoms with Crippen LogP contribution < -0.4 is 5.56 Å². The van der Waals surface area contributed by atoms with Gasteiger partial charge in [0.2, 0.25) is 0 Å². The zero-order valence-electron chi connectivity index (χ0n) is 20.7. The lowest BCUT2D eigenvalue weighted by Gasteiger charge is -2.26. The molecular weight excluding hydrogens is 454 g/mol. The fourth-order valence-corrected chi connectivity index (χ4v) is 4.17. The van der Waals surface area contributed by atoms with Gasteiger partial charge in [-0.3, -0.25) is 9.59 Å². The average Bonchev–Trinajstić information content (AvgIpc) is 2.89. The Hall–Kier alpha value is -4.26. The van der Waals surface area contributed by atoms with Crippen molar-refractivity contribution < 1.29 is 14.3 Å². The van der Waals surface area contributed by atoms with Crippen molar-refractivity contribution in [3.63, 3.8) is 0 Å². The van der Waals surface area contributed by atoms with E-state index in [9.17, 15) is 14.4 Å². The largest absolute Gasteiger partial charge is 0.449 e. The second-order valence-corrected chi connectivity index (χ2v) is 8.66. The summed E-state index contributed by atoms with van der Waals surface area (Å²) in [7, 11) is 0. The molecule has 0 fully saturated rings. The number of esters is 1. The lowest BCUT2D eigenvalue weighted by Crippen LogP contribution is -2.39. The first-order chi connectivity index (χ1) is 17.4. The molecule has 0 aliphatic rings. The monoisotopic (exact) mass is 483 g/mol. The number of ether oxygens (including phenoxy) is 1. The maximum atomic E-state index is 13.4. The van der Waals surface area contributed by atoms with Crippen LogP contribution in [0.15, 0.2) is 83.7 Å². The molecule has 4 aromatic rings. The number of nitrogens with zero attached hydrogens (tertiary/aromatic N) is 3. The van der Waals surface area contributed by atoms with Crippen LogP contribution in [0.2, 0.25) is 0 Å². The van der Waals surface area contributed by atoms with Crippen LogP contribution in [-0.4, -0.2) is 32.4 Å². The molecule has 1 amide bonds. The highest BCUT2D eigenvalue weighted by Crippen LogP contribution is 2.17. The molecule has 1 unspecified atom stereocenters. The summed E-state index contributed by atoms with van der Waals surface area (Å²) < 4.78 is 7.20. The molecule has 4 rings (SSSR count). The Morgan fingerprint density at radius 1 is 0.944 bits per heavy atom. The molecule has 7 nitrogen and oxygen atoms in total. The van der Waals surface area contributed by atoms with Gasteiger partial charge in [0.05, 0.1) is 16.6 Å². The summed E-state index contributed by atoms with van der Waals surface area (Å²) in [6.07, 6.45) is -0.986. The number of carbonyl (C=O) groups excluding carboxylic acids is 2. The van der Waals surface area contributed by atoms with E-state index in [0.717, 1.165) is 11.1 Å². The predicted octanol–water partition coefficient (Wildman–Crippen LogP) is 4.50. The highest BCUT2D eigenvalue weighted by atomic mass is 16.5. The third-order valence-corrected chi connectivity index (χ3v) is 6.04. The van der Waals surface area contributed by atoms with Gasteiger partial charge in [-0.2, -0.15) is 0 Å². The molecule has 1 atom stereocenters. The van der Waals surface area contributed by atoms with Gasteiger partial charge in [-0.1, -0.05) is 60.7 Å². The zero-order valence-corrected chi connectivity index (χ0v) is 20.7. The molecule has 0 saturated carbocycles. The van der Waals surface area contributed by atoms with E-state index in [1.54, 1.807) is 41.5 Å². The highest BCUT2D eigenvalue weighted by Gasteiger charge is 2.25. The first-order valence-electron chi connectivity index (χ1n) is 12.0. The molecule has 1 aromatic heterocycles. The molecular formula is C29H29N3O4. The van der Waals surface area contributed by atoms with Crippen molar-refractivity contribution in [3.8, 4) is 0 Å². The summed E-state index contributed by atoms with van der Waals surface area (Å²) in [5, 5.41) is 0. The molecule has 36 heavy (non-hydrogen) atoms. The first kappa shape index (κ1) is 24.9. The summed E-state index contributed by atoms with van der Waals surface area (Å²) in [5.74, 6) is -0.906. The van der Waals surface area contributed by atoms with Crippen LogP contribution in [0.1, 0.15) is 41.0 Å². The molecule has 0 N–H and O–H groups in total. The normalized spacial score (nSPS) is 11.8. The number of carbonyl (C=O) groups is 2. The van der Waals surface area contributed by atoms with Crippen LogP contribution in [0.25, 0.3) is 11.0 Å². The molecule has 0 bridgehead atoms. The van der Waals surface area contributed by atoms with Crippen LogP contribution in [-0.2, 0) is 29.2 Å². The van der Waals surface area contributed by atoms with E-state index in [1.807, 2.05) is 67.6 Å². The highest BCUT2D eigenvalue weighted by molar-refractivity contribution is 5.95. The number of aryl methyl sites for hydroxylation is 2. The lowest BCUT2D eigenvalue weighted by molar-refractivity contribution is -0.141. The predicted molar refractivity (Wildman–Crippen MR) is 138 cm³/mol. The Kier molecular flexibility index (Phi) is 7.59. The van der Waals surface area contributed by atoms with Gasteiger partial charge in [0.1, 0.15) is 5.69 Å². The van der Waals surface area contributed by atoms with Gasteiger partial charge in [0.25, 0.3) is 11.5 Å². The SMILES string of the molecule is CCn1c(=O)c(C)nc2cc(C(=O)OC(C)C(=O)N(Cc3ccccc3)Cc3ccccc3)ccc21. The third-order valence-electron chi connectivity index (χ3n) is 6.04. The molecule has 184 valence electrons. The topological polar surface area (TPSA) is 81.5 Å². The fraction of sp³-hybridized carbons (Fsp3) is 0.241. The molecule has 0 spiro atoms. The number of aromatic nitrogens is 2. The van der Waals surface area contributed by atoms with Gasteiger partial charge in [0.15, 0.2) is 6.10 Å². The third kappa shape index (κ3) is 5.51. The van der Waals surface area contributed by atoms with Crippen LogP contribution in [0, 0.1) is 6.92 Å². The van der Waals surface area contributed by atoms with E-state index in [0.29, 0.717) is 36.4 Å². The second-order valence-electron chi connectivity index (χ2n) is 8.66. The molecule has 0 aliphatic heterocycles. The summed E-state index contributed by atoms with van der Waals surface area (Å²) in [5.41, 5.74) is 3.61. The van der Waals surface area contributed by atoms with Crippen molar-refractivity contribution in [3.05, 3.63) is 112 Å². The smallest absolute Gasteiger partial charge is 0.338 e. The van der Waals surface area contributed by atoms with E-state index < -0.39 is 12.1 Å². The van der Waals surface area contributed by atoms with E-state index in [2.05, 4.69) is 4.98 Å². The summed E-state index contributed by atoms with van der Waals surface area (Å²) in [6, 6.07) is 24.3. The van der Waals surface area contributed by atoms with E-state index >= 15 is 0 Å². The Morgan fingerprint density at radius 3 is 2.08 bits per heavy atom. The van der Waals surface area contributed by atoms with Crippen molar-refractivity contribution in [2.24, 2.45) is 0 Å². The minimum Gasteiger partial charge on any atom is -0.449 e. The standard InChI is InChI=1S/C29H29N3O4/c1-4-32-26-16-15-24(17-25(26)30-20(2)27(32)33)29(35)36-21(3)28(34)31(18-22-11-7-5-8-12-22)19-23-13-9-6-10-14-23/h5-17,21H,4,18-19H2,1-3H3. The molecule has 3 aromatic carbocycles. The number of fused-ring (bicyclic) bond motifs is 1. The molecule has 0 radical (unpaired) electrons. The number of hydrogen-bond acceptors (Lipinski definition) is 5. The van der Waals surface area contributed by atoms with Crippen LogP contribution in [0.5, 0.6) is 0 Å². The van der Waals surface area contributed by atoms with Crippen molar-refractivity contribution in [1.29, 1.82) is 0 Å². The molecule has 0 saturated heterocycles. The fourth-order valence-electron chi connectivity index (χ4n) is 4.17. The summed E-state index contributed by atoms with van der Waals surface area (Å²) in [4.78, 5) is 44.7. The Labute approximate surface area is 210 Å². The maximum Gasteiger partial charge on any atom is 0.338 e. The van der Waals surface area contributed by atoms with Crippen molar-refractivity contribution in [2.45, 2.75) is 46.5 Å². The average molecular weight is 484 g/mol. The molecule has 7 heteroatoms. The van der Waals surface area contributed by atoms with Crippen molar-refractivity contribution in [1.82, 2.24) is 14.5 Å². The van der Waals surface area contributed by atoms with E-state index in [1.165, 1.54) is 0 Å². The summed E-state index contributed by atoms with van der Waals surface area (Å²) >= 11 is 0. The van der Waals surface area contributed by atoms with Gasteiger partial charge in [-0.05, 0) is 50.1 Å². The lowest BCUT2D eigenvalue weighted by atomic mass is 10.1. The number of amides is 1. The van der Waals surface area contributed by atoms with E-state index in [4.69, 9.17) is 4.74 Å². The van der Waals surface area contributed by atoms with Gasteiger partial charge >= 0.3 is 5.97 Å². The van der Waals surface area contributed by atoms with Crippen LogP contribution >= 0.6 is 0 Å². The Bertz CT molecular complexity index is 1390. The first-order valence-corrected chi connectivity index (χ1v) is 12.0. The van der Waals surface area contributed by atoms with Gasteiger partial charge in [-0.15, -0.1) is 0 Å². The number of rotatable bonds is 8. The van der Waals surface area contributed by atoms with E-state index in [-0.39, 0.29) is 17.0 Å². The minimum absolute atomic E-state index is 0.156. The van der Waals surface area contributed by atoms with Crippen LogP contribution in [0.3, 0.4) is 0 Å². The quantitative estimate of drug-likeness (QED) is 0.345. The Balaban J connectivity index is 1.54. The molecule has 0 aliphatic carbocycles. The molecule has 1 heterocycles. The Morgan fingerprint density at radius 2 is 1.53 bits per heavy atom. The van der Waals surface area contributed by atoms with Gasteiger partial charge < -0.3 is 14.2 Å². The second kappa shape index (κ2) is 11.0. The minimum atomic E-state index is -0.986. The van der Waals surface area contributed by atoms with Gasteiger partial charge in [-0.25, -0.2) is 9.78 Å². The maximum absolute atomic E-state index is 13.4. The number of hydrogen-bond donors (Lipinski definition) is 0. The van der Waals surface area contributed by atoms with Crippen LogP contribution in [0.4, 0.5) is 0 Å². The van der Waals surface area contributed by atoms with Crippen molar-refractivity contribution in [2.75, 3.05) is 0 Å². The van der Waals surface area contributed by atoms with Gasteiger partial charge in [0, 0.05) is 19.6 Å². The zero-order chi connectivity index (χ0) is 25.7.